The normalized spacial score (nSPS) is 9.95. The fraction of sp³-hybridized carbons (Fsp3) is 0.188. The van der Waals surface area contributed by atoms with Gasteiger partial charge in [0.05, 0.1) is 12.2 Å². The Morgan fingerprint density at radius 3 is 2.47 bits per heavy atom. The van der Waals surface area contributed by atoms with E-state index in [0.29, 0.717) is 23.7 Å². The van der Waals surface area contributed by atoms with Crippen LogP contribution in [0.25, 0.3) is 0 Å². The Labute approximate surface area is 112 Å². The lowest BCUT2D eigenvalue weighted by Gasteiger charge is -2.07. The highest BCUT2D eigenvalue weighted by atomic mass is 16.5. The third kappa shape index (κ3) is 3.85. The standard InChI is InChI=1S/C16H16O3/c1-2-11-18-14-9-6-10-15(12-14)19-16(17)13-7-4-3-5-8-13/h3-10,12H,2,11H2,1H3. The van der Waals surface area contributed by atoms with E-state index < -0.39 is 0 Å². The molecule has 0 heterocycles. The Morgan fingerprint density at radius 2 is 1.74 bits per heavy atom. The van der Waals surface area contributed by atoms with E-state index in [-0.39, 0.29) is 5.97 Å². The van der Waals surface area contributed by atoms with Crippen LogP contribution in [0, 0.1) is 0 Å². The summed E-state index contributed by atoms with van der Waals surface area (Å²) in [5.41, 5.74) is 0.530. The van der Waals surface area contributed by atoms with Crippen LogP contribution in [0.4, 0.5) is 0 Å². The Hall–Kier alpha value is -2.29. The van der Waals surface area contributed by atoms with Crippen molar-refractivity contribution < 1.29 is 14.3 Å². The molecule has 0 bridgehead atoms. The van der Waals surface area contributed by atoms with Gasteiger partial charge in [0.2, 0.25) is 0 Å². The molecule has 0 atom stereocenters. The number of rotatable bonds is 5. The predicted octanol–water partition coefficient (Wildman–Crippen LogP) is 3.69. The summed E-state index contributed by atoms with van der Waals surface area (Å²) in [6.45, 7) is 2.69. The molecule has 0 unspecified atom stereocenters. The number of carbonyl (C=O) groups excluding carboxylic acids is 1. The van der Waals surface area contributed by atoms with Gasteiger partial charge in [0, 0.05) is 6.07 Å². The van der Waals surface area contributed by atoms with Crippen molar-refractivity contribution >= 4 is 5.97 Å². The summed E-state index contributed by atoms with van der Waals surface area (Å²) >= 11 is 0. The third-order valence-electron chi connectivity index (χ3n) is 2.50. The van der Waals surface area contributed by atoms with Gasteiger partial charge in [0.1, 0.15) is 11.5 Å². The van der Waals surface area contributed by atoms with Gasteiger partial charge >= 0.3 is 5.97 Å². The molecular weight excluding hydrogens is 240 g/mol. The molecule has 0 radical (unpaired) electrons. The average molecular weight is 256 g/mol. The van der Waals surface area contributed by atoms with Gasteiger partial charge in [-0.1, -0.05) is 31.2 Å². The molecule has 0 amide bonds. The second-order valence-corrected chi connectivity index (χ2v) is 4.08. The molecule has 0 saturated carbocycles. The maximum Gasteiger partial charge on any atom is 0.343 e. The van der Waals surface area contributed by atoms with Gasteiger partial charge < -0.3 is 9.47 Å². The lowest BCUT2D eigenvalue weighted by atomic mass is 10.2. The van der Waals surface area contributed by atoms with Gasteiger partial charge in [-0.3, -0.25) is 0 Å². The molecule has 0 N–H and O–H groups in total. The number of carbonyl (C=O) groups is 1. The summed E-state index contributed by atoms with van der Waals surface area (Å²) in [6, 6.07) is 16.0. The van der Waals surface area contributed by atoms with Crippen molar-refractivity contribution in [3.63, 3.8) is 0 Å². The fourth-order valence-electron chi connectivity index (χ4n) is 1.59. The SMILES string of the molecule is CCCOc1cccc(OC(=O)c2ccccc2)c1. The summed E-state index contributed by atoms with van der Waals surface area (Å²) in [5.74, 6) is 0.830. The minimum atomic E-state index is -0.367. The second kappa shape index (κ2) is 6.59. The van der Waals surface area contributed by atoms with Crippen molar-refractivity contribution in [2.24, 2.45) is 0 Å². The van der Waals surface area contributed by atoms with Gasteiger partial charge in [0.25, 0.3) is 0 Å². The van der Waals surface area contributed by atoms with Crippen LogP contribution in [-0.4, -0.2) is 12.6 Å². The van der Waals surface area contributed by atoms with Crippen LogP contribution < -0.4 is 9.47 Å². The van der Waals surface area contributed by atoms with E-state index in [1.807, 2.05) is 19.1 Å². The molecule has 0 aliphatic rings. The Bertz CT molecular complexity index is 535. The molecule has 98 valence electrons. The highest BCUT2D eigenvalue weighted by Gasteiger charge is 2.08. The van der Waals surface area contributed by atoms with Gasteiger partial charge in [-0.05, 0) is 30.7 Å². The average Bonchev–Trinajstić information content (AvgIpc) is 2.46. The minimum absolute atomic E-state index is 0.367. The van der Waals surface area contributed by atoms with Gasteiger partial charge in [-0.2, -0.15) is 0 Å². The zero-order chi connectivity index (χ0) is 13.5. The Balaban J connectivity index is 2.05. The Kier molecular flexibility index (Phi) is 4.56. The first-order valence-corrected chi connectivity index (χ1v) is 6.29. The van der Waals surface area contributed by atoms with Crippen molar-refractivity contribution in [2.75, 3.05) is 6.61 Å². The van der Waals surface area contributed by atoms with Crippen molar-refractivity contribution in [3.05, 3.63) is 60.2 Å². The highest BCUT2D eigenvalue weighted by Crippen LogP contribution is 2.20. The molecular formula is C16H16O3. The summed E-state index contributed by atoms with van der Waals surface area (Å²) in [6.07, 6.45) is 0.939. The summed E-state index contributed by atoms with van der Waals surface area (Å²) in [5, 5.41) is 0. The van der Waals surface area contributed by atoms with E-state index >= 15 is 0 Å². The van der Waals surface area contributed by atoms with E-state index in [2.05, 4.69) is 0 Å². The first kappa shape index (κ1) is 13.1. The summed E-state index contributed by atoms with van der Waals surface area (Å²) in [7, 11) is 0. The predicted molar refractivity (Wildman–Crippen MR) is 73.6 cm³/mol. The van der Waals surface area contributed by atoms with Crippen molar-refractivity contribution in [1.29, 1.82) is 0 Å². The van der Waals surface area contributed by atoms with Crippen LogP contribution >= 0.6 is 0 Å². The number of hydrogen-bond acceptors (Lipinski definition) is 3. The van der Waals surface area contributed by atoms with Crippen LogP contribution in [0.3, 0.4) is 0 Å². The maximum atomic E-state index is 11.9. The van der Waals surface area contributed by atoms with Crippen molar-refractivity contribution in [1.82, 2.24) is 0 Å². The molecule has 19 heavy (non-hydrogen) atoms. The van der Waals surface area contributed by atoms with Crippen LogP contribution in [0.5, 0.6) is 11.5 Å². The molecule has 2 aromatic rings. The molecule has 0 spiro atoms. The summed E-state index contributed by atoms with van der Waals surface area (Å²) < 4.78 is 10.8. The topological polar surface area (TPSA) is 35.5 Å². The zero-order valence-corrected chi connectivity index (χ0v) is 10.8. The monoisotopic (exact) mass is 256 g/mol. The van der Waals surface area contributed by atoms with Gasteiger partial charge in [-0.15, -0.1) is 0 Å². The zero-order valence-electron chi connectivity index (χ0n) is 10.8. The van der Waals surface area contributed by atoms with Gasteiger partial charge in [-0.25, -0.2) is 4.79 Å². The van der Waals surface area contributed by atoms with Crippen molar-refractivity contribution in [3.8, 4) is 11.5 Å². The molecule has 0 aliphatic heterocycles. The summed E-state index contributed by atoms with van der Waals surface area (Å²) in [4.78, 5) is 11.9. The van der Waals surface area contributed by atoms with E-state index in [9.17, 15) is 4.79 Å². The lowest BCUT2D eigenvalue weighted by Crippen LogP contribution is -2.08. The van der Waals surface area contributed by atoms with Gasteiger partial charge in [0.15, 0.2) is 0 Å². The fourth-order valence-corrected chi connectivity index (χ4v) is 1.59. The number of esters is 1. The molecule has 0 fully saturated rings. The largest absolute Gasteiger partial charge is 0.493 e. The molecule has 3 heteroatoms. The quantitative estimate of drug-likeness (QED) is 0.604. The lowest BCUT2D eigenvalue weighted by molar-refractivity contribution is 0.0734. The maximum absolute atomic E-state index is 11.9. The third-order valence-corrected chi connectivity index (χ3v) is 2.50. The highest BCUT2D eigenvalue weighted by molar-refractivity contribution is 5.90. The number of ether oxygens (including phenoxy) is 2. The molecule has 2 rings (SSSR count). The molecule has 2 aromatic carbocycles. The number of hydrogen-bond donors (Lipinski definition) is 0. The van der Waals surface area contributed by atoms with Crippen LogP contribution in [0.15, 0.2) is 54.6 Å². The molecule has 0 saturated heterocycles. The first-order chi connectivity index (χ1) is 9.29. The first-order valence-electron chi connectivity index (χ1n) is 6.29. The number of benzene rings is 2. The van der Waals surface area contributed by atoms with Crippen LogP contribution in [0.2, 0.25) is 0 Å². The van der Waals surface area contributed by atoms with Crippen LogP contribution in [-0.2, 0) is 0 Å². The Morgan fingerprint density at radius 1 is 1.00 bits per heavy atom. The second-order valence-electron chi connectivity index (χ2n) is 4.08. The van der Waals surface area contributed by atoms with E-state index in [1.165, 1.54) is 0 Å². The molecule has 3 nitrogen and oxygen atoms in total. The smallest absolute Gasteiger partial charge is 0.343 e. The van der Waals surface area contributed by atoms with E-state index in [1.54, 1.807) is 42.5 Å². The van der Waals surface area contributed by atoms with E-state index in [4.69, 9.17) is 9.47 Å². The van der Waals surface area contributed by atoms with E-state index in [0.717, 1.165) is 6.42 Å². The minimum Gasteiger partial charge on any atom is -0.493 e. The van der Waals surface area contributed by atoms with Crippen LogP contribution in [0.1, 0.15) is 23.7 Å². The molecule has 0 aliphatic carbocycles. The van der Waals surface area contributed by atoms with Crippen molar-refractivity contribution in [2.45, 2.75) is 13.3 Å². The molecule has 0 aromatic heterocycles.